The van der Waals surface area contributed by atoms with E-state index in [1.807, 2.05) is 23.6 Å². The summed E-state index contributed by atoms with van der Waals surface area (Å²) >= 11 is 1.93. The lowest BCUT2D eigenvalue weighted by molar-refractivity contribution is 0.667. The number of hydrogen-bond donors (Lipinski definition) is 0. The number of fused-ring (bicyclic) bond motifs is 13. The zero-order valence-corrected chi connectivity index (χ0v) is 28.5. The van der Waals surface area contributed by atoms with Crippen molar-refractivity contribution in [2.45, 2.75) is 19.3 Å². The molecule has 3 aromatic heterocycles. The molecule has 11 rings (SSSR count). The normalized spacial score (nSPS) is 13.6. The molecule has 1 aliphatic rings. The highest BCUT2D eigenvalue weighted by molar-refractivity contribution is 7.26. The molecule has 0 saturated carbocycles. The summed E-state index contributed by atoms with van der Waals surface area (Å²) in [6, 6.07) is 51.3. The summed E-state index contributed by atoms with van der Waals surface area (Å²) < 4.78 is 2.77. The molecule has 0 amide bonds. The monoisotopic (exact) mass is 654 g/mol. The quantitative estimate of drug-likeness (QED) is 0.173. The lowest BCUT2D eigenvalue weighted by Crippen LogP contribution is -2.15. The van der Waals surface area contributed by atoms with Crippen molar-refractivity contribution in [2.75, 3.05) is 0 Å². The Morgan fingerprint density at radius 1 is 0.520 bits per heavy atom. The van der Waals surface area contributed by atoms with Crippen molar-refractivity contribution in [3.05, 3.63) is 157 Å². The molecule has 0 radical (unpaired) electrons. The Labute approximate surface area is 293 Å². The number of hydrogen-bond acceptors (Lipinski definition) is 3. The van der Waals surface area contributed by atoms with Gasteiger partial charge in [0.2, 0.25) is 0 Å². The summed E-state index contributed by atoms with van der Waals surface area (Å²) in [6.07, 6.45) is 1.86. The fourth-order valence-corrected chi connectivity index (χ4v) is 10.1. The molecule has 10 aromatic rings. The Morgan fingerprint density at radius 2 is 1.22 bits per heavy atom. The van der Waals surface area contributed by atoms with Crippen LogP contribution in [0.25, 0.3) is 97.0 Å². The fraction of sp³-hybridized carbons (Fsp3) is 0.0638. The Hall–Kier alpha value is -5.90. The SMILES string of the molecule is CC1(C)c2cc(-c3ccc(-c4ccc5ccc6cccnc6c5n4)c4c3ccc3ccccc34)ccc2-c2ccc3c(sc4ccccc43)c21. The largest absolute Gasteiger partial charge is 0.254 e. The van der Waals surface area contributed by atoms with Crippen molar-refractivity contribution < 1.29 is 0 Å². The first kappa shape index (κ1) is 28.0. The molecule has 0 saturated heterocycles. The van der Waals surface area contributed by atoms with E-state index in [0.29, 0.717) is 0 Å². The van der Waals surface area contributed by atoms with Gasteiger partial charge in [-0.05, 0) is 79.2 Å². The number of rotatable bonds is 2. The molecule has 0 aliphatic heterocycles. The van der Waals surface area contributed by atoms with Crippen LogP contribution in [0.2, 0.25) is 0 Å². The molecule has 234 valence electrons. The van der Waals surface area contributed by atoms with Crippen LogP contribution in [0.1, 0.15) is 25.0 Å². The summed E-state index contributed by atoms with van der Waals surface area (Å²) in [4.78, 5) is 10.0. The molecule has 0 spiro atoms. The minimum absolute atomic E-state index is 0.130. The first-order chi connectivity index (χ1) is 24.5. The number of thiophene rings is 1. The number of pyridine rings is 2. The smallest absolute Gasteiger partial charge is 0.0972 e. The summed E-state index contributed by atoms with van der Waals surface area (Å²) in [5.41, 5.74) is 11.9. The van der Waals surface area contributed by atoms with Gasteiger partial charge in [-0.1, -0.05) is 129 Å². The Kier molecular flexibility index (Phi) is 5.64. The lowest BCUT2D eigenvalue weighted by Gasteiger charge is -2.23. The zero-order valence-electron chi connectivity index (χ0n) is 27.7. The van der Waals surface area contributed by atoms with Gasteiger partial charge in [0.05, 0.1) is 16.7 Å². The van der Waals surface area contributed by atoms with Crippen LogP contribution >= 0.6 is 11.3 Å². The molecule has 1 aliphatic carbocycles. The molecule has 0 N–H and O–H groups in total. The first-order valence-corrected chi connectivity index (χ1v) is 18.1. The van der Waals surface area contributed by atoms with Crippen molar-refractivity contribution in [3.8, 4) is 33.5 Å². The van der Waals surface area contributed by atoms with Crippen LogP contribution in [0.4, 0.5) is 0 Å². The Bertz CT molecular complexity index is 3080. The second kappa shape index (κ2) is 10.1. The van der Waals surface area contributed by atoms with Crippen LogP contribution in [-0.4, -0.2) is 9.97 Å². The molecule has 0 bridgehead atoms. The number of benzene rings is 7. The molecular weight excluding hydrogens is 625 g/mol. The lowest BCUT2D eigenvalue weighted by atomic mass is 9.80. The molecule has 3 heterocycles. The van der Waals surface area contributed by atoms with Crippen molar-refractivity contribution >= 4 is 74.9 Å². The maximum atomic E-state index is 5.30. The second-order valence-electron chi connectivity index (χ2n) is 14.1. The van der Waals surface area contributed by atoms with Crippen LogP contribution < -0.4 is 0 Å². The van der Waals surface area contributed by atoms with Gasteiger partial charge in [-0.2, -0.15) is 0 Å². The molecule has 0 unspecified atom stereocenters. The summed E-state index contributed by atoms with van der Waals surface area (Å²) in [6.45, 7) is 4.81. The van der Waals surface area contributed by atoms with E-state index in [1.54, 1.807) is 0 Å². The summed E-state index contributed by atoms with van der Waals surface area (Å²) in [7, 11) is 0. The standard InChI is InChI=1S/C47H30N2S/c1-47(2)39-26-30(16-18-33(39)36-21-22-37-34-11-5-6-12-41(34)50-46(37)43(36)47)31-20-23-38(42-32-10-4-3-8-27(32)15-19-35(31)42)40-24-17-29-14-13-28-9-7-25-48-44(28)45(29)49-40/h3-26H,1-2H3. The van der Waals surface area contributed by atoms with Crippen LogP contribution in [0.3, 0.4) is 0 Å². The van der Waals surface area contributed by atoms with Crippen LogP contribution in [-0.2, 0) is 5.41 Å². The van der Waals surface area contributed by atoms with Gasteiger partial charge in [0.25, 0.3) is 0 Å². The van der Waals surface area contributed by atoms with Crippen LogP contribution in [0.5, 0.6) is 0 Å². The maximum absolute atomic E-state index is 5.30. The minimum atomic E-state index is -0.130. The van der Waals surface area contributed by atoms with Gasteiger partial charge < -0.3 is 0 Å². The predicted octanol–water partition coefficient (Wildman–Crippen LogP) is 13.1. The molecular formula is C47H30N2S. The van der Waals surface area contributed by atoms with Gasteiger partial charge in [-0.25, -0.2) is 4.98 Å². The Balaban J connectivity index is 1.13. The third-order valence-electron chi connectivity index (χ3n) is 11.1. The van der Waals surface area contributed by atoms with Crippen molar-refractivity contribution in [1.82, 2.24) is 9.97 Å². The van der Waals surface area contributed by atoms with E-state index in [2.05, 4.69) is 147 Å². The van der Waals surface area contributed by atoms with Gasteiger partial charge in [-0.3, -0.25) is 4.98 Å². The highest BCUT2D eigenvalue weighted by Gasteiger charge is 2.38. The highest BCUT2D eigenvalue weighted by atomic mass is 32.1. The molecule has 50 heavy (non-hydrogen) atoms. The van der Waals surface area contributed by atoms with E-state index < -0.39 is 0 Å². The van der Waals surface area contributed by atoms with Gasteiger partial charge in [0, 0.05) is 48.1 Å². The van der Waals surface area contributed by atoms with E-state index in [1.165, 1.54) is 75.1 Å². The number of nitrogens with zero attached hydrogens (tertiary/aromatic N) is 2. The van der Waals surface area contributed by atoms with Crippen LogP contribution in [0.15, 0.2) is 146 Å². The topological polar surface area (TPSA) is 25.8 Å². The molecule has 7 aromatic carbocycles. The van der Waals surface area contributed by atoms with Crippen LogP contribution in [0, 0.1) is 0 Å². The predicted molar refractivity (Wildman–Crippen MR) is 213 cm³/mol. The molecule has 3 heteroatoms. The van der Waals surface area contributed by atoms with E-state index in [-0.39, 0.29) is 5.41 Å². The van der Waals surface area contributed by atoms with Gasteiger partial charge >= 0.3 is 0 Å². The molecule has 2 nitrogen and oxygen atoms in total. The van der Waals surface area contributed by atoms with E-state index in [0.717, 1.165) is 33.1 Å². The molecule has 0 fully saturated rings. The maximum Gasteiger partial charge on any atom is 0.0972 e. The van der Waals surface area contributed by atoms with E-state index >= 15 is 0 Å². The van der Waals surface area contributed by atoms with Crippen molar-refractivity contribution in [1.29, 1.82) is 0 Å². The minimum Gasteiger partial charge on any atom is -0.254 e. The number of aromatic nitrogens is 2. The van der Waals surface area contributed by atoms with Gasteiger partial charge in [0.1, 0.15) is 0 Å². The first-order valence-electron chi connectivity index (χ1n) is 17.2. The third kappa shape index (κ3) is 3.78. The van der Waals surface area contributed by atoms with E-state index in [9.17, 15) is 0 Å². The van der Waals surface area contributed by atoms with E-state index in [4.69, 9.17) is 9.97 Å². The molecule has 0 atom stereocenters. The zero-order chi connectivity index (χ0) is 33.1. The van der Waals surface area contributed by atoms with Gasteiger partial charge in [0.15, 0.2) is 0 Å². The average molecular weight is 655 g/mol. The van der Waals surface area contributed by atoms with Crippen molar-refractivity contribution in [3.63, 3.8) is 0 Å². The highest BCUT2D eigenvalue weighted by Crippen LogP contribution is 2.54. The fourth-order valence-electron chi connectivity index (χ4n) is 8.70. The third-order valence-corrected chi connectivity index (χ3v) is 12.3. The summed E-state index contributed by atoms with van der Waals surface area (Å²) in [5, 5.41) is 9.85. The Morgan fingerprint density at radius 3 is 2.14 bits per heavy atom. The summed E-state index contributed by atoms with van der Waals surface area (Å²) in [5.74, 6) is 0. The second-order valence-corrected chi connectivity index (χ2v) is 15.2. The van der Waals surface area contributed by atoms with Gasteiger partial charge in [-0.15, -0.1) is 11.3 Å². The average Bonchev–Trinajstić information content (AvgIpc) is 3.65. The van der Waals surface area contributed by atoms with Crippen molar-refractivity contribution in [2.24, 2.45) is 0 Å².